The van der Waals surface area contributed by atoms with Crippen molar-refractivity contribution in [2.45, 2.75) is 38.6 Å². The van der Waals surface area contributed by atoms with Gasteiger partial charge in [-0.1, -0.05) is 18.0 Å². The molecular formula is C13H15ClN4. The van der Waals surface area contributed by atoms with E-state index in [1.165, 1.54) is 25.7 Å². The summed E-state index contributed by atoms with van der Waals surface area (Å²) < 4.78 is 0. The van der Waals surface area contributed by atoms with Crippen LogP contribution in [0.3, 0.4) is 0 Å². The summed E-state index contributed by atoms with van der Waals surface area (Å²) in [5.41, 5.74) is 0.936. The molecule has 0 spiro atoms. The van der Waals surface area contributed by atoms with Gasteiger partial charge >= 0.3 is 0 Å². The van der Waals surface area contributed by atoms with Gasteiger partial charge in [0, 0.05) is 6.04 Å². The number of nitrogens with zero attached hydrogens (tertiary/aromatic N) is 3. The standard InChI is InChI=1S/C13H15ClN4/c1-7-11(6-15)17-12(14)13(16-7)18-10-5-8-2-3-9(10)4-8/h8-10H,2-5H2,1H3,(H,16,18). The van der Waals surface area contributed by atoms with Crippen molar-refractivity contribution in [1.82, 2.24) is 9.97 Å². The quantitative estimate of drug-likeness (QED) is 0.890. The Morgan fingerprint density at radius 2 is 2.17 bits per heavy atom. The second kappa shape index (κ2) is 4.40. The van der Waals surface area contributed by atoms with Gasteiger partial charge in [0.05, 0.1) is 5.69 Å². The molecule has 3 rings (SSSR count). The normalized spacial score (nSPS) is 29.3. The van der Waals surface area contributed by atoms with Crippen molar-refractivity contribution in [3.05, 3.63) is 16.5 Å². The van der Waals surface area contributed by atoms with Gasteiger partial charge in [0.1, 0.15) is 6.07 Å². The molecule has 0 aromatic carbocycles. The highest BCUT2D eigenvalue weighted by atomic mass is 35.5. The molecule has 0 saturated heterocycles. The third-order valence-corrected chi connectivity index (χ3v) is 4.46. The second-order valence-electron chi connectivity index (χ2n) is 5.33. The van der Waals surface area contributed by atoms with Crippen LogP contribution in [0.5, 0.6) is 0 Å². The zero-order chi connectivity index (χ0) is 12.7. The Morgan fingerprint density at radius 3 is 2.78 bits per heavy atom. The smallest absolute Gasteiger partial charge is 0.172 e. The van der Waals surface area contributed by atoms with Crippen LogP contribution in [-0.2, 0) is 0 Å². The van der Waals surface area contributed by atoms with E-state index >= 15 is 0 Å². The summed E-state index contributed by atoms with van der Waals surface area (Å²) in [5.74, 6) is 2.26. The van der Waals surface area contributed by atoms with E-state index in [2.05, 4.69) is 15.3 Å². The molecule has 3 atom stereocenters. The zero-order valence-electron chi connectivity index (χ0n) is 10.3. The molecule has 94 valence electrons. The van der Waals surface area contributed by atoms with Gasteiger partial charge < -0.3 is 5.32 Å². The van der Waals surface area contributed by atoms with Crippen molar-refractivity contribution in [1.29, 1.82) is 5.26 Å². The molecule has 1 aromatic rings. The minimum atomic E-state index is 0.304. The number of fused-ring (bicyclic) bond motifs is 2. The Labute approximate surface area is 111 Å². The van der Waals surface area contributed by atoms with E-state index in [0.717, 1.165) is 11.8 Å². The molecule has 2 bridgehead atoms. The summed E-state index contributed by atoms with van der Waals surface area (Å²) in [4.78, 5) is 8.44. The first-order valence-electron chi connectivity index (χ1n) is 6.38. The molecule has 0 radical (unpaired) electrons. The molecule has 2 saturated carbocycles. The lowest BCUT2D eigenvalue weighted by molar-refractivity contribution is 0.439. The van der Waals surface area contributed by atoms with E-state index in [-0.39, 0.29) is 0 Å². The second-order valence-corrected chi connectivity index (χ2v) is 5.69. The summed E-state index contributed by atoms with van der Waals surface area (Å²) in [5, 5.41) is 12.6. The van der Waals surface area contributed by atoms with Crippen molar-refractivity contribution in [3.8, 4) is 6.07 Å². The molecule has 18 heavy (non-hydrogen) atoms. The predicted molar refractivity (Wildman–Crippen MR) is 69.4 cm³/mol. The Kier molecular flexibility index (Phi) is 2.87. The average molecular weight is 263 g/mol. The molecular weight excluding hydrogens is 248 g/mol. The number of anilines is 1. The Balaban J connectivity index is 1.81. The minimum Gasteiger partial charge on any atom is -0.364 e. The first kappa shape index (κ1) is 11.7. The monoisotopic (exact) mass is 262 g/mol. The molecule has 1 aromatic heterocycles. The van der Waals surface area contributed by atoms with Crippen molar-refractivity contribution in [2.24, 2.45) is 11.8 Å². The summed E-state index contributed by atoms with van der Waals surface area (Å²) in [6.07, 6.45) is 5.22. The molecule has 2 aliphatic rings. The molecule has 1 heterocycles. The fraction of sp³-hybridized carbons (Fsp3) is 0.615. The Morgan fingerprint density at radius 1 is 1.33 bits per heavy atom. The van der Waals surface area contributed by atoms with Gasteiger partial charge in [-0.2, -0.15) is 5.26 Å². The van der Waals surface area contributed by atoms with Crippen molar-refractivity contribution >= 4 is 17.4 Å². The Bertz CT molecular complexity index is 522. The number of aryl methyl sites for hydroxylation is 1. The van der Waals surface area contributed by atoms with E-state index in [1.54, 1.807) is 6.92 Å². The van der Waals surface area contributed by atoms with Crippen molar-refractivity contribution in [2.75, 3.05) is 5.32 Å². The van der Waals surface area contributed by atoms with Crippen LogP contribution >= 0.6 is 11.6 Å². The van der Waals surface area contributed by atoms with Gasteiger partial charge in [0.25, 0.3) is 0 Å². The summed E-state index contributed by atoms with van der Waals surface area (Å²) >= 11 is 6.07. The van der Waals surface area contributed by atoms with Crippen LogP contribution < -0.4 is 5.32 Å². The number of hydrogen-bond donors (Lipinski definition) is 1. The van der Waals surface area contributed by atoms with E-state index in [0.29, 0.717) is 28.4 Å². The number of rotatable bonds is 2. The molecule has 0 aliphatic heterocycles. The van der Waals surface area contributed by atoms with E-state index in [4.69, 9.17) is 16.9 Å². The van der Waals surface area contributed by atoms with Gasteiger partial charge in [-0.25, -0.2) is 9.97 Å². The summed E-state index contributed by atoms with van der Waals surface area (Å²) in [6, 6.07) is 2.47. The number of nitrogens with one attached hydrogen (secondary N) is 1. The number of halogens is 1. The molecule has 5 heteroatoms. The molecule has 2 aliphatic carbocycles. The topological polar surface area (TPSA) is 61.6 Å². The van der Waals surface area contributed by atoms with Crippen LogP contribution in [0.15, 0.2) is 0 Å². The van der Waals surface area contributed by atoms with Crippen LogP contribution in [0.25, 0.3) is 0 Å². The lowest BCUT2D eigenvalue weighted by Crippen LogP contribution is -2.26. The third kappa shape index (κ3) is 1.93. The SMILES string of the molecule is Cc1nc(NC2CC3CCC2C3)c(Cl)nc1C#N. The molecule has 4 nitrogen and oxygen atoms in total. The van der Waals surface area contributed by atoms with Crippen molar-refractivity contribution < 1.29 is 0 Å². The fourth-order valence-electron chi connectivity index (χ4n) is 3.29. The largest absolute Gasteiger partial charge is 0.364 e. The number of hydrogen-bond acceptors (Lipinski definition) is 4. The Hall–Kier alpha value is -1.34. The molecule has 2 fully saturated rings. The maximum atomic E-state index is 8.87. The van der Waals surface area contributed by atoms with Crippen LogP contribution in [0, 0.1) is 30.1 Å². The van der Waals surface area contributed by atoms with E-state index < -0.39 is 0 Å². The number of aromatic nitrogens is 2. The zero-order valence-corrected chi connectivity index (χ0v) is 11.0. The van der Waals surface area contributed by atoms with Crippen LogP contribution in [-0.4, -0.2) is 16.0 Å². The van der Waals surface area contributed by atoms with Gasteiger partial charge in [-0.05, 0) is 38.0 Å². The molecule has 3 unspecified atom stereocenters. The van der Waals surface area contributed by atoms with E-state index in [1.807, 2.05) is 6.07 Å². The maximum absolute atomic E-state index is 8.87. The summed E-state index contributed by atoms with van der Waals surface area (Å²) in [6.45, 7) is 1.79. The predicted octanol–water partition coefficient (Wildman–Crippen LogP) is 2.91. The fourth-order valence-corrected chi connectivity index (χ4v) is 3.47. The van der Waals surface area contributed by atoms with E-state index in [9.17, 15) is 0 Å². The molecule has 0 amide bonds. The average Bonchev–Trinajstić information content (AvgIpc) is 2.95. The number of nitriles is 1. The van der Waals surface area contributed by atoms with Gasteiger partial charge in [-0.15, -0.1) is 0 Å². The maximum Gasteiger partial charge on any atom is 0.172 e. The summed E-state index contributed by atoms with van der Waals surface area (Å²) in [7, 11) is 0. The van der Waals surface area contributed by atoms with Crippen LogP contribution in [0.4, 0.5) is 5.82 Å². The minimum absolute atomic E-state index is 0.304. The van der Waals surface area contributed by atoms with Gasteiger partial charge in [-0.3, -0.25) is 0 Å². The highest BCUT2D eigenvalue weighted by Gasteiger charge is 2.39. The van der Waals surface area contributed by atoms with Crippen LogP contribution in [0.2, 0.25) is 5.15 Å². The third-order valence-electron chi connectivity index (χ3n) is 4.19. The highest BCUT2D eigenvalue weighted by molar-refractivity contribution is 6.31. The van der Waals surface area contributed by atoms with Gasteiger partial charge in [0.15, 0.2) is 16.7 Å². The lowest BCUT2D eigenvalue weighted by Gasteiger charge is -2.23. The van der Waals surface area contributed by atoms with Crippen molar-refractivity contribution in [3.63, 3.8) is 0 Å². The first-order valence-corrected chi connectivity index (χ1v) is 6.76. The van der Waals surface area contributed by atoms with Crippen LogP contribution in [0.1, 0.15) is 37.1 Å². The lowest BCUT2D eigenvalue weighted by atomic mass is 9.95. The van der Waals surface area contributed by atoms with Gasteiger partial charge in [0.2, 0.25) is 0 Å². The molecule has 1 N–H and O–H groups in total. The first-order chi connectivity index (χ1) is 8.67. The highest BCUT2D eigenvalue weighted by Crippen LogP contribution is 2.45.